The molecule has 2 aromatic carbocycles. The van der Waals surface area contributed by atoms with Gasteiger partial charge in [0, 0.05) is 22.2 Å². The number of halogens is 1. The third-order valence-electron chi connectivity index (χ3n) is 3.09. The van der Waals surface area contributed by atoms with Crippen molar-refractivity contribution in [2.24, 2.45) is 0 Å². The quantitative estimate of drug-likeness (QED) is 0.584. The smallest absolute Gasteiger partial charge is 0.273 e. The lowest BCUT2D eigenvalue weighted by Crippen LogP contribution is -2.41. The largest absolute Gasteiger partial charge is 0.493 e. The first-order chi connectivity index (χ1) is 11.9. The van der Waals surface area contributed by atoms with Crippen molar-refractivity contribution in [3.63, 3.8) is 0 Å². The van der Waals surface area contributed by atoms with Gasteiger partial charge in [0.05, 0.1) is 17.1 Å². The highest BCUT2D eigenvalue weighted by Crippen LogP contribution is 2.23. The van der Waals surface area contributed by atoms with Crippen LogP contribution in [0.25, 0.3) is 0 Å². The molecule has 25 heavy (non-hydrogen) atoms. The Morgan fingerprint density at radius 3 is 2.56 bits per heavy atom. The van der Waals surface area contributed by atoms with Crippen LogP contribution >= 0.6 is 15.9 Å². The van der Waals surface area contributed by atoms with Crippen LogP contribution < -0.4 is 15.6 Å². The zero-order valence-electron chi connectivity index (χ0n) is 13.1. The molecule has 0 unspecified atom stereocenters. The van der Waals surface area contributed by atoms with Gasteiger partial charge >= 0.3 is 0 Å². The number of nitro groups is 1. The van der Waals surface area contributed by atoms with Gasteiger partial charge in [-0.1, -0.05) is 22.0 Å². The standard InChI is InChI=1S/C16H14BrN3O5/c1-2-25-14-7-6-11(17)9-13(14)16(22)19-18-15(21)10-4-3-5-12(8-10)20(23)24/h3-9H,2H2,1H3,(H,18,21)(H,19,22). The lowest BCUT2D eigenvalue weighted by Gasteiger charge is -2.12. The molecule has 0 aliphatic heterocycles. The average molecular weight is 408 g/mol. The molecule has 9 heteroatoms. The van der Waals surface area contributed by atoms with Gasteiger partial charge in [0.1, 0.15) is 5.75 Å². The number of hydrogen-bond donors (Lipinski definition) is 2. The molecule has 2 amide bonds. The van der Waals surface area contributed by atoms with Crippen LogP contribution in [0.4, 0.5) is 5.69 Å². The molecule has 0 heterocycles. The number of nitrogens with one attached hydrogen (secondary N) is 2. The monoisotopic (exact) mass is 407 g/mol. The van der Waals surface area contributed by atoms with Gasteiger partial charge in [-0.2, -0.15) is 0 Å². The van der Waals surface area contributed by atoms with E-state index in [1.807, 2.05) is 0 Å². The van der Waals surface area contributed by atoms with E-state index < -0.39 is 16.7 Å². The first-order valence-electron chi connectivity index (χ1n) is 7.20. The zero-order valence-corrected chi connectivity index (χ0v) is 14.7. The van der Waals surface area contributed by atoms with Gasteiger partial charge in [0.25, 0.3) is 17.5 Å². The Bertz CT molecular complexity index is 825. The number of hydrazine groups is 1. The third kappa shape index (κ3) is 4.77. The predicted octanol–water partition coefficient (Wildman–Crippen LogP) is 2.83. The first kappa shape index (κ1) is 18.4. The summed E-state index contributed by atoms with van der Waals surface area (Å²) in [6, 6.07) is 10.1. The molecule has 0 radical (unpaired) electrons. The predicted molar refractivity (Wildman–Crippen MR) is 93.3 cm³/mol. The minimum absolute atomic E-state index is 0.0498. The van der Waals surface area contributed by atoms with Gasteiger partial charge in [-0.05, 0) is 31.2 Å². The summed E-state index contributed by atoms with van der Waals surface area (Å²) in [5.41, 5.74) is 4.55. The molecule has 2 rings (SSSR count). The highest BCUT2D eigenvalue weighted by atomic mass is 79.9. The minimum atomic E-state index is -0.676. The number of nitro benzene ring substituents is 1. The number of ether oxygens (including phenoxy) is 1. The SMILES string of the molecule is CCOc1ccc(Br)cc1C(=O)NNC(=O)c1cccc([N+](=O)[O-])c1. The number of benzene rings is 2. The molecule has 130 valence electrons. The summed E-state index contributed by atoms with van der Waals surface area (Å²) in [5, 5.41) is 10.7. The van der Waals surface area contributed by atoms with E-state index in [0.29, 0.717) is 16.8 Å². The van der Waals surface area contributed by atoms with E-state index in [1.54, 1.807) is 25.1 Å². The van der Waals surface area contributed by atoms with Crippen LogP contribution in [-0.4, -0.2) is 23.3 Å². The highest BCUT2D eigenvalue weighted by Gasteiger charge is 2.16. The molecule has 8 nitrogen and oxygen atoms in total. The third-order valence-corrected chi connectivity index (χ3v) is 3.59. The van der Waals surface area contributed by atoms with Crippen molar-refractivity contribution >= 4 is 33.4 Å². The molecule has 0 aromatic heterocycles. The molecule has 0 fully saturated rings. The number of amides is 2. The number of rotatable bonds is 5. The van der Waals surface area contributed by atoms with Crippen molar-refractivity contribution in [2.75, 3.05) is 6.61 Å². The number of hydrogen-bond acceptors (Lipinski definition) is 5. The Balaban J connectivity index is 2.09. The molecular formula is C16H14BrN3O5. The van der Waals surface area contributed by atoms with Crippen molar-refractivity contribution in [1.82, 2.24) is 10.9 Å². The summed E-state index contributed by atoms with van der Waals surface area (Å²) < 4.78 is 6.05. The molecule has 2 aromatic rings. The fraction of sp³-hybridized carbons (Fsp3) is 0.125. The van der Waals surface area contributed by atoms with Gasteiger partial charge in [0.15, 0.2) is 0 Å². The van der Waals surface area contributed by atoms with E-state index in [0.717, 1.165) is 6.07 Å². The average Bonchev–Trinajstić information content (AvgIpc) is 2.61. The molecule has 0 atom stereocenters. The van der Waals surface area contributed by atoms with Crippen molar-refractivity contribution in [3.05, 3.63) is 68.2 Å². The normalized spacial score (nSPS) is 10.0. The summed E-state index contributed by atoms with van der Waals surface area (Å²) in [6.07, 6.45) is 0. The number of carbonyl (C=O) groups is 2. The number of non-ortho nitro benzene ring substituents is 1. The maximum atomic E-state index is 12.3. The minimum Gasteiger partial charge on any atom is -0.493 e. The molecule has 0 saturated heterocycles. The molecule has 0 saturated carbocycles. The lowest BCUT2D eigenvalue weighted by molar-refractivity contribution is -0.384. The van der Waals surface area contributed by atoms with Gasteiger partial charge in [-0.25, -0.2) is 0 Å². The molecule has 0 bridgehead atoms. The van der Waals surface area contributed by atoms with Crippen LogP contribution in [-0.2, 0) is 0 Å². The maximum Gasteiger partial charge on any atom is 0.273 e. The molecule has 0 spiro atoms. The van der Waals surface area contributed by atoms with E-state index in [2.05, 4.69) is 26.8 Å². The van der Waals surface area contributed by atoms with E-state index in [4.69, 9.17) is 4.74 Å². The maximum absolute atomic E-state index is 12.3. The Morgan fingerprint density at radius 2 is 1.88 bits per heavy atom. The second-order valence-corrected chi connectivity index (χ2v) is 5.70. The second kappa shape index (κ2) is 8.25. The summed E-state index contributed by atoms with van der Waals surface area (Å²) >= 11 is 3.27. The van der Waals surface area contributed by atoms with Crippen LogP contribution in [0.15, 0.2) is 46.9 Å². The topological polar surface area (TPSA) is 111 Å². The summed E-state index contributed by atoms with van der Waals surface area (Å²) in [7, 11) is 0. The first-order valence-corrected chi connectivity index (χ1v) is 7.99. The fourth-order valence-electron chi connectivity index (χ4n) is 1.97. The number of nitrogens with zero attached hydrogens (tertiary/aromatic N) is 1. The highest BCUT2D eigenvalue weighted by molar-refractivity contribution is 9.10. The second-order valence-electron chi connectivity index (χ2n) is 4.79. The van der Waals surface area contributed by atoms with E-state index >= 15 is 0 Å². The number of carbonyl (C=O) groups excluding carboxylic acids is 2. The van der Waals surface area contributed by atoms with Crippen molar-refractivity contribution in [3.8, 4) is 5.75 Å². The Kier molecular flexibility index (Phi) is 6.07. The van der Waals surface area contributed by atoms with Crippen LogP contribution in [0.5, 0.6) is 5.75 Å². The zero-order chi connectivity index (χ0) is 18.4. The summed E-state index contributed by atoms with van der Waals surface area (Å²) in [6.45, 7) is 2.16. The lowest BCUT2D eigenvalue weighted by atomic mass is 10.2. The Morgan fingerprint density at radius 1 is 1.16 bits per heavy atom. The molecular weight excluding hydrogens is 394 g/mol. The fourth-order valence-corrected chi connectivity index (χ4v) is 2.34. The van der Waals surface area contributed by atoms with E-state index in [-0.39, 0.29) is 16.8 Å². The van der Waals surface area contributed by atoms with Gasteiger partial charge < -0.3 is 4.74 Å². The van der Waals surface area contributed by atoms with E-state index in [1.165, 1.54) is 18.2 Å². The van der Waals surface area contributed by atoms with Gasteiger partial charge in [-0.15, -0.1) is 0 Å². The van der Waals surface area contributed by atoms with Crippen molar-refractivity contribution in [2.45, 2.75) is 6.92 Å². The van der Waals surface area contributed by atoms with E-state index in [9.17, 15) is 19.7 Å². The van der Waals surface area contributed by atoms with Crippen LogP contribution in [0.3, 0.4) is 0 Å². The molecule has 0 aliphatic carbocycles. The summed E-state index contributed by atoms with van der Waals surface area (Å²) in [5.74, 6) is -0.888. The molecule has 2 N–H and O–H groups in total. The van der Waals surface area contributed by atoms with Crippen LogP contribution in [0.2, 0.25) is 0 Å². The van der Waals surface area contributed by atoms with Gasteiger partial charge in [0.2, 0.25) is 0 Å². The molecule has 0 aliphatic rings. The summed E-state index contributed by atoms with van der Waals surface area (Å²) in [4.78, 5) is 34.5. The Hall–Kier alpha value is -2.94. The van der Waals surface area contributed by atoms with Crippen molar-refractivity contribution < 1.29 is 19.2 Å². The van der Waals surface area contributed by atoms with Crippen LogP contribution in [0, 0.1) is 10.1 Å². The van der Waals surface area contributed by atoms with Gasteiger partial charge in [-0.3, -0.25) is 30.6 Å². The Labute approximate surface area is 151 Å². The van der Waals surface area contributed by atoms with Crippen LogP contribution in [0.1, 0.15) is 27.6 Å². The van der Waals surface area contributed by atoms with Crippen molar-refractivity contribution in [1.29, 1.82) is 0 Å².